The van der Waals surface area contributed by atoms with E-state index >= 15 is 0 Å². The van der Waals surface area contributed by atoms with E-state index in [9.17, 15) is 24.5 Å². The lowest BCUT2D eigenvalue weighted by Crippen LogP contribution is -2.31. The number of carbonyl (C=O) groups is 3. The van der Waals surface area contributed by atoms with Crippen molar-refractivity contribution in [3.63, 3.8) is 0 Å². The summed E-state index contributed by atoms with van der Waals surface area (Å²) in [5.41, 5.74) is 0.891. The number of carbonyl (C=O) groups excluding carboxylic acids is 3. The molecule has 1 aliphatic heterocycles. The van der Waals surface area contributed by atoms with Crippen molar-refractivity contribution in [3.05, 3.63) is 58.6 Å². The van der Waals surface area contributed by atoms with Crippen molar-refractivity contribution < 1.29 is 24.0 Å². The Hall–Kier alpha value is -3.40. The summed E-state index contributed by atoms with van der Waals surface area (Å²) in [5, 5.41) is 12.8. The Morgan fingerprint density at radius 3 is 2.48 bits per heavy atom. The molecule has 0 bridgehead atoms. The van der Waals surface area contributed by atoms with Crippen LogP contribution in [0.15, 0.2) is 48.5 Å². The Kier molecular flexibility index (Phi) is 7.24. The molecule has 1 N–H and O–H groups in total. The summed E-state index contributed by atoms with van der Waals surface area (Å²) < 4.78 is 5.37. The summed E-state index contributed by atoms with van der Waals surface area (Å²) in [5.74, 6) is 0.174. The molecule has 2 aromatic carbocycles. The molecule has 1 fully saturated rings. The summed E-state index contributed by atoms with van der Waals surface area (Å²) in [6, 6.07) is 12.3. The van der Waals surface area contributed by atoms with Crippen molar-refractivity contribution in [3.8, 4) is 5.75 Å². The van der Waals surface area contributed by atoms with Gasteiger partial charge in [0, 0.05) is 36.4 Å². The summed E-state index contributed by atoms with van der Waals surface area (Å²) in [4.78, 5) is 48.4. The number of rotatable bonds is 9. The van der Waals surface area contributed by atoms with Crippen LogP contribution >= 0.6 is 11.8 Å². The number of hydrogen-bond acceptors (Lipinski definition) is 7. The predicted octanol–water partition coefficient (Wildman–Crippen LogP) is 3.39. The van der Waals surface area contributed by atoms with Crippen LogP contribution in [0.3, 0.4) is 0 Å². The normalized spacial score (nSPS) is 15.8. The molecule has 0 spiro atoms. The fraction of sp³-hybridized carbons (Fsp3) is 0.286. The van der Waals surface area contributed by atoms with Crippen LogP contribution in [-0.2, 0) is 14.4 Å². The van der Waals surface area contributed by atoms with Crippen molar-refractivity contribution in [2.24, 2.45) is 0 Å². The highest BCUT2D eigenvalue weighted by Crippen LogP contribution is 2.31. The second kappa shape index (κ2) is 10.1. The zero-order valence-electron chi connectivity index (χ0n) is 16.8. The first-order valence-corrected chi connectivity index (χ1v) is 10.7. The number of non-ortho nitro benzene ring substituents is 1. The number of nitro groups is 1. The standard InChI is InChI=1S/C21H21N3O6S/c1-2-30-17-9-7-15(8-10-17)23-20(26)13-18(21(23)27)31-12-11-19(25)22-14-3-5-16(6-4-14)24(28)29/h3-10,18H,2,11-13H2,1H3,(H,22,25)/t18-/m1/s1. The lowest BCUT2D eigenvalue weighted by molar-refractivity contribution is -0.384. The minimum absolute atomic E-state index is 0.0601. The van der Waals surface area contributed by atoms with E-state index < -0.39 is 10.2 Å². The molecule has 3 amide bonds. The van der Waals surface area contributed by atoms with E-state index in [2.05, 4.69) is 5.32 Å². The fourth-order valence-corrected chi connectivity index (χ4v) is 4.14. The molecule has 10 heteroatoms. The van der Waals surface area contributed by atoms with Crippen molar-refractivity contribution in [1.29, 1.82) is 0 Å². The van der Waals surface area contributed by atoms with Crippen LogP contribution in [-0.4, -0.2) is 40.3 Å². The number of thioether (sulfide) groups is 1. The number of ether oxygens (including phenoxy) is 1. The highest BCUT2D eigenvalue weighted by molar-refractivity contribution is 8.00. The minimum Gasteiger partial charge on any atom is -0.494 e. The molecule has 0 aromatic heterocycles. The Bertz CT molecular complexity index is 978. The zero-order valence-corrected chi connectivity index (χ0v) is 17.6. The van der Waals surface area contributed by atoms with Gasteiger partial charge in [0.1, 0.15) is 5.75 Å². The summed E-state index contributed by atoms with van der Waals surface area (Å²) in [6.45, 7) is 2.40. The third kappa shape index (κ3) is 5.60. The van der Waals surface area contributed by atoms with E-state index in [0.717, 1.165) is 0 Å². The second-order valence-corrected chi connectivity index (χ2v) is 7.97. The van der Waals surface area contributed by atoms with Gasteiger partial charge in [0.2, 0.25) is 17.7 Å². The highest BCUT2D eigenvalue weighted by Gasteiger charge is 2.39. The maximum atomic E-state index is 12.7. The smallest absolute Gasteiger partial charge is 0.269 e. The number of anilines is 2. The van der Waals surface area contributed by atoms with Crippen LogP contribution in [0.4, 0.5) is 17.1 Å². The van der Waals surface area contributed by atoms with E-state index in [1.165, 1.54) is 40.9 Å². The lowest BCUT2D eigenvalue weighted by Gasteiger charge is -2.15. The Morgan fingerprint density at radius 1 is 1.19 bits per heavy atom. The van der Waals surface area contributed by atoms with Crippen molar-refractivity contribution in [1.82, 2.24) is 0 Å². The number of nitro benzene ring substituents is 1. The second-order valence-electron chi connectivity index (χ2n) is 6.66. The van der Waals surface area contributed by atoms with E-state index in [4.69, 9.17) is 4.74 Å². The fourth-order valence-electron chi connectivity index (χ4n) is 3.05. The van der Waals surface area contributed by atoms with Crippen LogP contribution in [0.2, 0.25) is 0 Å². The van der Waals surface area contributed by atoms with Gasteiger partial charge < -0.3 is 10.1 Å². The van der Waals surface area contributed by atoms with Crippen molar-refractivity contribution in [2.45, 2.75) is 25.0 Å². The van der Waals surface area contributed by atoms with Crippen LogP contribution in [0.25, 0.3) is 0 Å². The SMILES string of the molecule is CCOc1ccc(N2C(=O)C[C@@H](SCCC(=O)Nc3ccc([N+](=O)[O-])cc3)C2=O)cc1. The quantitative estimate of drug-likeness (QED) is 0.358. The van der Waals surface area contributed by atoms with Gasteiger partial charge in [-0.05, 0) is 43.3 Å². The predicted molar refractivity (Wildman–Crippen MR) is 117 cm³/mol. The monoisotopic (exact) mass is 443 g/mol. The summed E-state index contributed by atoms with van der Waals surface area (Å²) in [6.07, 6.45) is 0.226. The molecule has 1 atom stereocenters. The molecule has 162 valence electrons. The lowest BCUT2D eigenvalue weighted by atomic mass is 10.3. The molecule has 31 heavy (non-hydrogen) atoms. The minimum atomic E-state index is -0.536. The first-order chi connectivity index (χ1) is 14.9. The number of imide groups is 1. The Balaban J connectivity index is 1.49. The van der Waals surface area contributed by atoms with Gasteiger partial charge in [0.15, 0.2) is 0 Å². The van der Waals surface area contributed by atoms with Gasteiger partial charge in [0.05, 0.1) is 22.5 Å². The average molecular weight is 443 g/mol. The zero-order chi connectivity index (χ0) is 22.4. The molecule has 0 saturated carbocycles. The van der Waals surface area contributed by atoms with Gasteiger partial charge in [-0.3, -0.25) is 24.5 Å². The van der Waals surface area contributed by atoms with Crippen LogP contribution in [0.5, 0.6) is 5.75 Å². The maximum Gasteiger partial charge on any atom is 0.269 e. The molecule has 1 heterocycles. The van der Waals surface area contributed by atoms with Crippen molar-refractivity contribution >= 4 is 46.5 Å². The highest BCUT2D eigenvalue weighted by atomic mass is 32.2. The van der Waals surface area contributed by atoms with Gasteiger partial charge in [-0.1, -0.05) is 0 Å². The third-order valence-corrected chi connectivity index (χ3v) is 5.73. The molecular weight excluding hydrogens is 422 g/mol. The number of amides is 3. The first-order valence-electron chi connectivity index (χ1n) is 9.64. The van der Waals surface area contributed by atoms with E-state index in [-0.39, 0.29) is 36.3 Å². The molecular formula is C21H21N3O6S. The largest absolute Gasteiger partial charge is 0.494 e. The van der Waals surface area contributed by atoms with Gasteiger partial charge in [-0.25, -0.2) is 4.90 Å². The third-order valence-electron chi connectivity index (χ3n) is 4.52. The number of nitrogens with zero attached hydrogens (tertiary/aromatic N) is 2. The van der Waals surface area contributed by atoms with Gasteiger partial charge in [-0.2, -0.15) is 0 Å². The molecule has 1 aliphatic rings. The maximum absolute atomic E-state index is 12.7. The molecule has 0 unspecified atom stereocenters. The molecule has 1 saturated heterocycles. The van der Waals surface area contributed by atoms with E-state index in [0.29, 0.717) is 29.5 Å². The number of nitrogens with one attached hydrogen (secondary N) is 1. The molecule has 0 radical (unpaired) electrons. The van der Waals surface area contributed by atoms with Crippen LogP contribution in [0, 0.1) is 10.1 Å². The van der Waals surface area contributed by atoms with Crippen molar-refractivity contribution in [2.75, 3.05) is 22.6 Å². The molecule has 2 aromatic rings. The van der Waals surface area contributed by atoms with Gasteiger partial charge >= 0.3 is 0 Å². The average Bonchev–Trinajstić information content (AvgIpc) is 3.02. The molecule has 0 aliphatic carbocycles. The Labute approximate surface area is 182 Å². The molecule has 9 nitrogen and oxygen atoms in total. The van der Waals surface area contributed by atoms with Gasteiger partial charge in [-0.15, -0.1) is 11.8 Å². The first kappa shape index (κ1) is 22.3. The molecule has 3 rings (SSSR count). The topological polar surface area (TPSA) is 119 Å². The number of hydrogen-bond donors (Lipinski definition) is 1. The van der Waals surface area contributed by atoms with Crippen LogP contribution < -0.4 is 15.0 Å². The van der Waals surface area contributed by atoms with Gasteiger partial charge in [0.25, 0.3) is 5.69 Å². The summed E-state index contributed by atoms with van der Waals surface area (Å²) >= 11 is 1.26. The Morgan fingerprint density at radius 2 is 1.87 bits per heavy atom. The van der Waals surface area contributed by atoms with Crippen LogP contribution in [0.1, 0.15) is 19.8 Å². The summed E-state index contributed by atoms with van der Waals surface area (Å²) in [7, 11) is 0. The van der Waals surface area contributed by atoms with E-state index in [1.54, 1.807) is 24.3 Å². The number of benzene rings is 2. The van der Waals surface area contributed by atoms with E-state index in [1.807, 2.05) is 6.92 Å².